The Kier molecular flexibility index (Phi) is 3.70. The molecule has 0 aliphatic heterocycles. The third-order valence-corrected chi connectivity index (χ3v) is 4.94. The fraction of sp³-hybridized carbons (Fsp3) is 0.105. The fourth-order valence-electron chi connectivity index (χ4n) is 2.78. The summed E-state index contributed by atoms with van der Waals surface area (Å²) in [4.78, 5) is 18.1. The van der Waals surface area contributed by atoms with Crippen molar-refractivity contribution in [3.05, 3.63) is 71.5 Å². The summed E-state index contributed by atoms with van der Waals surface area (Å²) in [7, 11) is 1.78. The van der Waals surface area contributed by atoms with Crippen LogP contribution in [0.3, 0.4) is 0 Å². The van der Waals surface area contributed by atoms with Crippen LogP contribution in [0, 0.1) is 0 Å². The van der Waals surface area contributed by atoms with Gasteiger partial charge in [-0.1, -0.05) is 18.2 Å². The molecule has 3 heterocycles. The van der Waals surface area contributed by atoms with Crippen molar-refractivity contribution in [3.63, 3.8) is 0 Å². The van der Waals surface area contributed by atoms with Crippen molar-refractivity contribution in [2.45, 2.75) is 6.42 Å². The van der Waals surface area contributed by atoms with E-state index in [9.17, 15) is 4.79 Å². The number of nitrogens with zero attached hydrogens (tertiary/aromatic N) is 3. The third-order valence-electron chi connectivity index (χ3n) is 4.03. The lowest BCUT2D eigenvalue weighted by Gasteiger charge is -2.05. The molecular formula is C19H15N3OS. The van der Waals surface area contributed by atoms with Crippen molar-refractivity contribution in [2.24, 2.45) is 7.05 Å². The van der Waals surface area contributed by atoms with E-state index in [0.717, 1.165) is 22.0 Å². The van der Waals surface area contributed by atoms with Crippen LogP contribution in [0.1, 0.15) is 16.1 Å². The number of carbonyl (C=O) groups excluding carboxylic acids is 1. The van der Waals surface area contributed by atoms with Crippen molar-refractivity contribution in [2.75, 3.05) is 0 Å². The maximum absolute atomic E-state index is 12.4. The average molecular weight is 333 g/mol. The van der Waals surface area contributed by atoms with Crippen LogP contribution in [-0.2, 0) is 13.5 Å². The molecule has 0 atom stereocenters. The highest BCUT2D eigenvalue weighted by atomic mass is 32.1. The number of rotatable bonds is 4. The molecule has 1 aromatic carbocycles. The number of hydrogen-bond acceptors (Lipinski definition) is 4. The fourth-order valence-corrected chi connectivity index (χ4v) is 3.49. The summed E-state index contributed by atoms with van der Waals surface area (Å²) in [6.45, 7) is 0. The molecule has 0 aliphatic carbocycles. The molecule has 0 bridgehead atoms. The van der Waals surface area contributed by atoms with Gasteiger partial charge in [-0.15, -0.1) is 11.3 Å². The minimum atomic E-state index is 0.0598. The Labute approximate surface area is 143 Å². The first-order valence-electron chi connectivity index (χ1n) is 7.64. The minimum absolute atomic E-state index is 0.0598. The molecule has 0 radical (unpaired) electrons. The van der Waals surface area contributed by atoms with Gasteiger partial charge in [-0.25, -0.2) is 0 Å². The van der Waals surface area contributed by atoms with Crippen LogP contribution < -0.4 is 0 Å². The molecule has 0 saturated heterocycles. The second-order valence-corrected chi connectivity index (χ2v) is 6.62. The quantitative estimate of drug-likeness (QED) is 0.528. The highest BCUT2D eigenvalue weighted by Gasteiger charge is 2.11. The highest BCUT2D eigenvalue weighted by molar-refractivity contribution is 7.13. The molecule has 4 aromatic rings. The van der Waals surface area contributed by atoms with Gasteiger partial charge in [0.15, 0.2) is 5.78 Å². The molecule has 4 nitrogen and oxygen atoms in total. The number of fused-ring (bicyclic) bond motifs is 1. The average Bonchev–Trinajstić information content (AvgIpc) is 3.26. The molecule has 0 N–H and O–H groups in total. The first-order valence-corrected chi connectivity index (χ1v) is 8.52. The van der Waals surface area contributed by atoms with Crippen molar-refractivity contribution in [1.29, 1.82) is 0 Å². The summed E-state index contributed by atoms with van der Waals surface area (Å²) < 4.78 is 1.61. The third kappa shape index (κ3) is 2.74. The van der Waals surface area contributed by atoms with Gasteiger partial charge in [-0.3, -0.25) is 14.5 Å². The summed E-state index contributed by atoms with van der Waals surface area (Å²) in [6.07, 6.45) is 3.88. The maximum atomic E-state index is 12.4. The molecule has 0 amide bonds. The van der Waals surface area contributed by atoms with E-state index in [2.05, 4.69) is 27.6 Å². The molecular weight excluding hydrogens is 318 g/mol. The van der Waals surface area contributed by atoms with Crippen molar-refractivity contribution in [1.82, 2.24) is 14.8 Å². The van der Waals surface area contributed by atoms with E-state index < -0.39 is 0 Å². The van der Waals surface area contributed by atoms with E-state index in [0.29, 0.717) is 12.1 Å². The molecule has 4 rings (SSSR count). The van der Waals surface area contributed by atoms with Crippen molar-refractivity contribution in [3.8, 4) is 10.4 Å². The Bertz CT molecular complexity index is 1020. The van der Waals surface area contributed by atoms with Crippen LogP contribution in [0.4, 0.5) is 0 Å². The summed E-state index contributed by atoms with van der Waals surface area (Å²) in [5.41, 5.74) is 3.61. The SMILES string of the molecule is Cn1nccc1C(=O)Cc1ccc2cc(-c3cccs3)cnc2c1. The molecule has 3 aromatic heterocycles. The number of aromatic nitrogens is 3. The highest BCUT2D eigenvalue weighted by Crippen LogP contribution is 2.27. The summed E-state index contributed by atoms with van der Waals surface area (Å²) >= 11 is 1.70. The van der Waals surface area contributed by atoms with Gasteiger partial charge in [0.05, 0.1) is 5.52 Å². The lowest BCUT2D eigenvalue weighted by molar-refractivity contribution is 0.0984. The second kappa shape index (κ2) is 6.02. The van der Waals surface area contributed by atoms with Gasteiger partial charge in [0.1, 0.15) is 5.69 Å². The Morgan fingerprint density at radius 2 is 2.12 bits per heavy atom. The number of aryl methyl sites for hydroxylation is 1. The molecule has 0 saturated carbocycles. The van der Waals surface area contributed by atoms with Gasteiger partial charge in [0.2, 0.25) is 0 Å². The molecule has 0 spiro atoms. The van der Waals surface area contributed by atoms with Gasteiger partial charge >= 0.3 is 0 Å². The first kappa shape index (κ1) is 14.8. The largest absolute Gasteiger partial charge is 0.292 e. The molecule has 0 unspecified atom stereocenters. The molecule has 24 heavy (non-hydrogen) atoms. The smallest absolute Gasteiger partial charge is 0.185 e. The van der Waals surface area contributed by atoms with Gasteiger partial charge in [0.25, 0.3) is 0 Å². The predicted octanol–water partition coefficient (Wildman–Crippen LogP) is 4.12. The first-order chi connectivity index (χ1) is 11.7. The monoisotopic (exact) mass is 333 g/mol. The number of Topliss-reactive ketones (excluding diaryl/α,β-unsaturated/α-hetero) is 1. The Hall–Kier alpha value is -2.79. The van der Waals surface area contributed by atoms with Crippen LogP contribution in [-0.4, -0.2) is 20.5 Å². The Morgan fingerprint density at radius 3 is 2.88 bits per heavy atom. The van der Waals surface area contributed by atoms with Crippen LogP contribution >= 0.6 is 11.3 Å². The van der Waals surface area contributed by atoms with E-state index in [4.69, 9.17) is 0 Å². The van der Waals surface area contributed by atoms with Crippen LogP contribution in [0.5, 0.6) is 0 Å². The zero-order valence-corrected chi connectivity index (χ0v) is 14.0. The predicted molar refractivity (Wildman–Crippen MR) is 96.3 cm³/mol. The second-order valence-electron chi connectivity index (χ2n) is 5.67. The zero-order valence-electron chi connectivity index (χ0n) is 13.1. The van der Waals surface area contributed by atoms with Crippen LogP contribution in [0.25, 0.3) is 21.3 Å². The number of thiophene rings is 1. The number of carbonyl (C=O) groups is 1. The lowest BCUT2D eigenvalue weighted by atomic mass is 10.0. The summed E-state index contributed by atoms with van der Waals surface area (Å²) in [6, 6.07) is 14.0. The topological polar surface area (TPSA) is 47.8 Å². The van der Waals surface area contributed by atoms with Crippen molar-refractivity contribution < 1.29 is 4.79 Å². The van der Waals surface area contributed by atoms with Gasteiger partial charge in [-0.2, -0.15) is 5.10 Å². The molecule has 118 valence electrons. The van der Waals surface area contributed by atoms with E-state index in [1.54, 1.807) is 35.3 Å². The number of pyridine rings is 1. The number of ketones is 1. The van der Waals surface area contributed by atoms with E-state index in [-0.39, 0.29) is 5.78 Å². The van der Waals surface area contributed by atoms with Gasteiger partial charge in [-0.05, 0) is 35.2 Å². The number of benzene rings is 1. The van der Waals surface area contributed by atoms with Gasteiger partial charge < -0.3 is 0 Å². The Balaban J connectivity index is 1.63. The van der Waals surface area contributed by atoms with E-state index >= 15 is 0 Å². The van der Waals surface area contributed by atoms with E-state index in [1.165, 1.54) is 4.88 Å². The zero-order chi connectivity index (χ0) is 16.5. The lowest BCUT2D eigenvalue weighted by Crippen LogP contribution is -2.09. The number of hydrogen-bond donors (Lipinski definition) is 0. The molecule has 0 aliphatic rings. The Morgan fingerprint density at radius 1 is 1.21 bits per heavy atom. The summed E-state index contributed by atoms with van der Waals surface area (Å²) in [5, 5.41) is 7.19. The van der Waals surface area contributed by atoms with Crippen molar-refractivity contribution >= 4 is 28.0 Å². The van der Waals surface area contributed by atoms with Crippen LogP contribution in [0.2, 0.25) is 0 Å². The maximum Gasteiger partial charge on any atom is 0.185 e. The standard InChI is InChI=1S/C19H15N3OS/c1-22-17(6-7-21-22)18(23)10-13-4-5-14-11-15(12-20-16(14)9-13)19-3-2-8-24-19/h2-9,11-12H,10H2,1H3. The summed E-state index contributed by atoms with van der Waals surface area (Å²) in [5.74, 6) is 0.0598. The normalized spacial score (nSPS) is 11.0. The minimum Gasteiger partial charge on any atom is -0.292 e. The van der Waals surface area contributed by atoms with Crippen LogP contribution in [0.15, 0.2) is 60.2 Å². The molecule has 0 fully saturated rings. The van der Waals surface area contributed by atoms with E-state index in [1.807, 2.05) is 30.5 Å². The van der Waals surface area contributed by atoms with Gasteiger partial charge in [0, 0.05) is 41.7 Å². The molecule has 5 heteroatoms.